The molecular weight excluding hydrogens is 504 g/mol. The van der Waals surface area contributed by atoms with Crippen LogP contribution in [-0.2, 0) is 9.53 Å². The van der Waals surface area contributed by atoms with Crippen LogP contribution >= 0.6 is 27.5 Å². The van der Waals surface area contributed by atoms with E-state index in [-0.39, 0.29) is 24.0 Å². The molecule has 3 rings (SSSR count). The molecule has 1 aliphatic heterocycles. The summed E-state index contributed by atoms with van der Waals surface area (Å²) in [6.07, 6.45) is 1.50. The summed E-state index contributed by atoms with van der Waals surface area (Å²) in [5.74, 6) is 0.218. The molecule has 2 aromatic carbocycles. The molecule has 6 heteroatoms. The lowest BCUT2D eigenvalue weighted by Gasteiger charge is -2.44. The monoisotopic (exact) mass is 534 g/mol. The quantitative estimate of drug-likeness (QED) is 0.351. The van der Waals surface area contributed by atoms with E-state index in [4.69, 9.17) is 21.1 Å². The maximum atomic E-state index is 11.2. The van der Waals surface area contributed by atoms with Crippen molar-refractivity contribution in [1.82, 2.24) is 0 Å². The number of halogens is 2. The number of aryl methyl sites for hydroxylation is 1. The first-order chi connectivity index (χ1) is 15.6. The van der Waals surface area contributed by atoms with E-state index in [1.54, 1.807) is 0 Å². The lowest BCUT2D eigenvalue weighted by molar-refractivity contribution is -0.139. The van der Waals surface area contributed by atoms with Crippen molar-refractivity contribution in [3.05, 3.63) is 74.7 Å². The van der Waals surface area contributed by atoms with Crippen molar-refractivity contribution < 1.29 is 19.4 Å². The summed E-state index contributed by atoms with van der Waals surface area (Å²) in [4.78, 5) is 11.2. The Morgan fingerprint density at radius 3 is 2.55 bits per heavy atom. The van der Waals surface area contributed by atoms with Crippen LogP contribution in [0.5, 0.6) is 5.75 Å². The number of rotatable bonds is 8. The van der Waals surface area contributed by atoms with Gasteiger partial charge < -0.3 is 14.6 Å². The minimum atomic E-state index is -1.02. The normalized spacial score (nSPS) is 22.9. The summed E-state index contributed by atoms with van der Waals surface area (Å²) in [6, 6.07) is 12.0. The molecular formula is C27H32BrClO4. The zero-order valence-electron chi connectivity index (χ0n) is 19.6. The highest BCUT2D eigenvalue weighted by atomic mass is 79.9. The van der Waals surface area contributed by atoms with E-state index in [0.717, 1.165) is 39.0 Å². The number of ether oxygens (including phenoxy) is 2. The number of carboxylic acid groups (broad SMARTS) is 1. The third-order valence-electron chi connectivity index (χ3n) is 6.14. The molecule has 0 saturated carbocycles. The van der Waals surface area contributed by atoms with Crippen LogP contribution in [0.25, 0.3) is 0 Å². The molecule has 4 atom stereocenters. The van der Waals surface area contributed by atoms with E-state index in [9.17, 15) is 9.90 Å². The minimum absolute atomic E-state index is 0.00149. The van der Waals surface area contributed by atoms with Crippen molar-refractivity contribution in [3.8, 4) is 5.75 Å². The Bertz CT molecular complexity index is 1000. The van der Waals surface area contributed by atoms with E-state index in [1.165, 1.54) is 5.56 Å². The molecule has 2 aromatic rings. The summed E-state index contributed by atoms with van der Waals surface area (Å²) in [7, 11) is 0. The van der Waals surface area contributed by atoms with Gasteiger partial charge in [0.1, 0.15) is 5.75 Å². The van der Waals surface area contributed by atoms with Crippen LogP contribution in [0.15, 0.2) is 53.0 Å². The molecule has 0 aliphatic carbocycles. The largest absolute Gasteiger partial charge is 0.480 e. The molecule has 1 heterocycles. The highest BCUT2D eigenvalue weighted by Crippen LogP contribution is 2.50. The number of carboxylic acids is 1. The van der Waals surface area contributed by atoms with Crippen LogP contribution in [0, 0.1) is 18.8 Å². The van der Waals surface area contributed by atoms with Crippen LogP contribution in [0.2, 0.25) is 5.02 Å². The molecule has 1 aliphatic rings. The van der Waals surface area contributed by atoms with Gasteiger partial charge in [-0.05, 0) is 83.9 Å². The maximum absolute atomic E-state index is 11.2. The summed E-state index contributed by atoms with van der Waals surface area (Å²) in [5.41, 5.74) is 4.15. The zero-order valence-corrected chi connectivity index (χ0v) is 21.9. The molecule has 33 heavy (non-hydrogen) atoms. The number of carbonyl (C=O) groups is 1. The average Bonchev–Trinajstić information content (AvgIpc) is 2.72. The molecule has 0 radical (unpaired) electrons. The van der Waals surface area contributed by atoms with E-state index in [0.29, 0.717) is 11.7 Å². The van der Waals surface area contributed by atoms with Gasteiger partial charge in [0.2, 0.25) is 0 Å². The summed E-state index contributed by atoms with van der Waals surface area (Å²) >= 11 is 9.72. The van der Waals surface area contributed by atoms with Gasteiger partial charge in [0.15, 0.2) is 6.61 Å². The molecule has 0 spiro atoms. The Labute approximate surface area is 210 Å². The van der Waals surface area contributed by atoms with Gasteiger partial charge in [0.05, 0.1) is 16.7 Å². The van der Waals surface area contributed by atoms with Crippen LogP contribution in [-0.4, -0.2) is 23.8 Å². The third kappa shape index (κ3) is 6.40. The Hall–Kier alpha value is -1.82. The first kappa shape index (κ1) is 25.8. The number of hydrogen-bond acceptors (Lipinski definition) is 3. The van der Waals surface area contributed by atoms with Crippen molar-refractivity contribution >= 4 is 33.5 Å². The first-order valence-corrected chi connectivity index (χ1v) is 12.4. The van der Waals surface area contributed by atoms with E-state index in [2.05, 4.69) is 48.5 Å². The van der Waals surface area contributed by atoms with E-state index in [1.807, 2.05) is 38.1 Å². The third-order valence-corrected chi connectivity index (χ3v) is 6.98. The molecule has 0 bridgehead atoms. The smallest absolute Gasteiger partial charge is 0.341 e. The standard InChI is InChI=1S/C27H32BrClO4/c1-15(2)10-24-21(18-6-8-19(29)9-7-18)13-20(16(3)4)26(33-24)22-11-17(5)12-23(28)27(22)32-14-25(30)31/h6-9,11-12,15,20-21,24,26H,3,10,13-14H2,1-2,4-5H3,(H,30,31)/t20-,21-,24+,26+/m0/s1. The van der Waals surface area contributed by atoms with Gasteiger partial charge >= 0.3 is 5.97 Å². The highest BCUT2D eigenvalue weighted by molar-refractivity contribution is 9.10. The predicted molar refractivity (Wildman–Crippen MR) is 136 cm³/mol. The van der Waals surface area contributed by atoms with Gasteiger partial charge in [-0.1, -0.05) is 49.7 Å². The molecule has 178 valence electrons. The van der Waals surface area contributed by atoms with Crippen molar-refractivity contribution in [2.75, 3.05) is 6.61 Å². The summed E-state index contributed by atoms with van der Waals surface area (Å²) < 4.78 is 13.3. The van der Waals surface area contributed by atoms with Gasteiger partial charge in [-0.25, -0.2) is 4.79 Å². The van der Waals surface area contributed by atoms with Crippen LogP contribution in [0.1, 0.15) is 62.3 Å². The van der Waals surface area contributed by atoms with Crippen LogP contribution < -0.4 is 4.74 Å². The summed E-state index contributed by atoms with van der Waals surface area (Å²) in [5, 5.41) is 9.91. The molecule has 0 unspecified atom stereocenters. The minimum Gasteiger partial charge on any atom is -0.480 e. The first-order valence-electron chi connectivity index (χ1n) is 11.3. The van der Waals surface area contributed by atoms with Crippen LogP contribution in [0.4, 0.5) is 0 Å². The van der Waals surface area contributed by atoms with Crippen molar-refractivity contribution in [2.45, 2.75) is 58.7 Å². The fourth-order valence-corrected chi connectivity index (χ4v) is 5.51. The SMILES string of the molecule is C=C(C)[C@@H]1C[C@@H](c2ccc(Cl)cc2)[C@@H](CC(C)C)O[C@H]1c1cc(C)cc(Br)c1OCC(=O)O. The molecule has 1 N–H and O–H groups in total. The van der Waals surface area contributed by atoms with Gasteiger partial charge in [0.25, 0.3) is 0 Å². The molecule has 1 saturated heterocycles. The highest BCUT2D eigenvalue weighted by Gasteiger charge is 2.41. The second kappa shape index (κ2) is 11.1. The van der Waals surface area contributed by atoms with Crippen molar-refractivity contribution in [2.24, 2.45) is 11.8 Å². The molecule has 0 aromatic heterocycles. The lowest BCUT2D eigenvalue weighted by atomic mass is 9.74. The Morgan fingerprint density at radius 2 is 1.97 bits per heavy atom. The van der Waals surface area contributed by atoms with E-state index < -0.39 is 12.6 Å². The summed E-state index contributed by atoms with van der Waals surface area (Å²) in [6.45, 7) is 12.3. The zero-order chi connectivity index (χ0) is 24.3. The van der Waals surface area contributed by atoms with Gasteiger partial charge in [-0.3, -0.25) is 0 Å². The van der Waals surface area contributed by atoms with Crippen LogP contribution in [0.3, 0.4) is 0 Å². The van der Waals surface area contributed by atoms with Gasteiger partial charge in [0, 0.05) is 22.4 Å². The molecule has 4 nitrogen and oxygen atoms in total. The van der Waals surface area contributed by atoms with Crippen molar-refractivity contribution in [3.63, 3.8) is 0 Å². The molecule has 0 amide bonds. The fraction of sp³-hybridized carbons (Fsp3) is 0.444. The van der Waals surface area contributed by atoms with Gasteiger partial charge in [-0.2, -0.15) is 0 Å². The number of benzene rings is 2. The lowest BCUT2D eigenvalue weighted by Crippen LogP contribution is -2.37. The predicted octanol–water partition coefficient (Wildman–Crippen LogP) is 7.73. The topological polar surface area (TPSA) is 55.8 Å². The second-order valence-electron chi connectivity index (χ2n) is 9.42. The Kier molecular flexibility index (Phi) is 8.65. The Balaban J connectivity index is 2.06. The second-order valence-corrected chi connectivity index (χ2v) is 10.7. The van der Waals surface area contributed by atoms with Gasteiger partial charge in [-0.15, -0.1) is 0 Å². The van der Waals surface area contributed by atoms with E-state index >= 15 is 0 Å². The average molecular weight is 536 g/mol. The Morgan fingerprint density at radius 1 is 1.30 bits per heavy atom. The maximum Gasteiger partial charge on any atom is 0.341 e. The fourth-order valence-electron chi connectivity index (χ4n) is 4.68. The van der Waals surface area contributed by atoms with Crippen molar-refractivity contribution in [1.29, 1.82) is 0 Å². The number of hydrogen-bond donors (Lipinski definition) is 1. The number of aliphatic carboxylic acids is 1. The molecule has 1 fully saturated rings.